The Labute approximate surface area is 120 Å². The molecule has 102 valence electrons. The molecule has 0 atom stereocenters. The Morgan fingerprint density at radius 3 is 2.74 bits per heavy atom. The zero-order valence-corrected chi connectivity index (χ0v) is 12.7. The highest BCUT2D eigenvalue weighted by molar-refractivity contribution is 9.10. The van der Waals surface area contributed by atoms with Gasteiger partial charge < -0.3 is 10.7 Å². The highest BCUT2D eigenvalue weighted by Gasteiger charge is 2.17. The van der Waals surface area contributed by atoms with E-state index in [9.17, 15) is 8.42 Å². The van der Waals surface area contributed by atoms with Gasteiger partial charge in [-0.3, -0.25) is 4.72 Å². The third-order valence-corrected chi connectivity index (χ3v) is 4.53. The van der Waals surface area contributed by atoms with Crippen LogP contribution in [-0.2, 0) is 16.6 Å². The Morgan fingerprint density at radius 2 is 2.11 bits per heavy atom. The molecule has 1 aromatic heterocycles. The van der Waals surface area contributed by atoms with Crippen LogP contribution in [0.25, 0.3) is 0 Å². The molecule has 1 heterocycles. The van der Waals surface area contributed by atoms with Crippen LogP contribution >= 0.6 is 15.9 Å². The second-order valence-corrected chi connectivity index (χ2v) is 6.73. The first-order valence-electron chi connectivity index (χ1n) is 5.59. The molecule has 1 aromatic carbocycles. The van der Waals surface area contributed by atoms with Gasteiger partial charge in [-0.15, -0.1) is 0 Å². The smallest absolute Gasteiger partial charge is 0.263 e. The number of halogens is 1. The van der Waals surface area contributed by atoms with Gasteiger partial charge in [0.2, 0.25) is 0 Å². The number of hydrogen-bond donors (Lipinski definition) is 3. The maximum atomic E-state index is 12.2. The number of aromatic nitrogens is 1. The Hall–Kier alpha value is -1.31. The summed E-state index contributed by atoms with van der Waals surface area (Å²) in [6.45, 7) is 2.11. The highest BCUT2D eigenvalue weighted by Crippen LogP contribution is 2.23. The second kappa shape index (κ2) is 5.36. The van der Waals surface area contributed by atoms with Crippen LogP contribution in [0.15, 0.2) is 39.8 Å². The molecule has 0 fully saturated rings. The third kappa shape index (κ3) is 3.17. The quantitative estimate of drug-likeness (QED) is 0.796. The van der Waals surface area contributed by atoms with Crippen LogP contribution in [0, 0.1) is 6.92 Å². The summed E-state index contributed by atoms with van der Waals surface area (Å²) in [5, 5.41) is 0. The van der Waals surface area contributed by atoms with Gasteiger partial charge in [0.05, 0.1) is 5.69 Å². The third-order valence-electron chi connectivity index (χ3n) is 2.69. The van der Waals surface area contributed by atoms with Gasteiger partial charge in [0.15, 0.2) is 0 Å². The van der Waals surface area contributed by atoms with Gasteiger partial charge in [0, 0.05) is 22.9 Å². The van der Waals surface area contributed by atoms with Crippen molar-refractivity contribution in [2.75, 3.05) is 4.72 Å². The number of H-pyrrole nitrogens is 1. The lowest BCUT2D eigenvalue weighted by Crippen LogP contribution is -2.13. The van der Waals surface area contributed by atoms with Crippen LogP contribution < -0.4 is 10.5 Å². The molecule has 2 rings (SSSR count). The van der Waals surface area contributed by atoms with E-state index >= 15 is 0 Å². The number of rotatable bonds is 4. The average Bonchev–Trinajstić information content (AvgIpc) is 2.83. The maximum Gasteiger partial charge on any atom is 0.263 e. The van der Waals surface area contributed by atoms with E-state index in [1.54, 1.807) is 6.07 Å². The summed E-state index contributed by atoms with van der Waals surface area (Å²) < 4.78 is 27.8. The van der Waals surface area contributed by atoms with Crippen LogP contribution in [-0.4, -0.2) is 13.4 Å². The fraction of sp³-hybridized carbons (Fsp3) is 0.167. The number of hydrogen-bond acceptors (Lipinski definition) is 3. The molecule has 4 N–H and O–H groups in total. The van der Waals surface area contributed by atoms with Crippen molar-refractivity contribution in [2.24, 2.45) is 5.73 Å². The normalized spacial score (nSPS) is 11.5. The van der Waals surface area contributed by atoms with Crippen molar-refractivity contribution in [3.8, 4) is 0 Å². The summed E-state index contributed by atoms with van der Waals surface area (Å²) >= 11 is 3.32. The lowest BCUT2D eigenvalue weighted by atomic mass is 10.2. The fourth-order valence-electron chi connectivity index (χ4n) is 1.60. The minimum absolute atomic E-state index is 0.173. The predicted molar refractivity (Wildman–Crippen MR) is 78.4 cm³/mol. The summed E-state index contributed by atoms with van der Waals surface area (Å²) in [4.78, 5) is 2.99. The monoisotopic (exact) mass is 343 g/mol. The van der Waals surface area contributed by atoms with Crippen molar-refractivity contribution in [2.45, 2.75) is 18.4 Å². The van der Waals surface area contributed by atoms with E-state index in [-0.39, 0.29) is 11.4 Å². The van der Waals surface area contributed by atoms with Crippen molar-refractivity contribution in [3.63, 3.8) is 0 Å². The van der Waals surface area contributed by atoms with Crippen molar-refractivity contribution in [1.82, 2.24) is 4.98 Å². The van der Waals surface area contributed by atoms with Crippen LogP contribution in [0.2, 0.25) is 0 Å². The van der Waals surface area contributed by atoms with Gasteiger partial charge in [-0.25, -0.2) is 8.42 Å². The number of nitrogens with two attached hydrogens (primary N) is 1. The van der Waals surface area contributed by atoms with E-state index in [1.807, 2.05) is 19.1 Å². The summed E-state index contributed by atoms with van der Waals surface area (Å²) in [5.74, 6) is 0. The van der Waals surface area contributed by atoms with Gasteiger partial charge in [-0.2, -0.15) is 0 Å². The van der Waals surface area contributed by atoms with E-state index < -0.39 is 10.0 Å². The van der Waals surface area contributed by atoms with Crippen molar-refractivity contribution in [1.29, 1.82) is 0 Å². The highest BCUT2D eigenvalue weighted by atomic mass is 79.9. The summed E-state index contributed by atoms with van der Waals surface area (Å²) in [6, 6.07) is 6.94. The van der Waals surface area contributed by atoms with Gasteiger partial charge in [-0.05, 0) is 30.7 Å². The lowest BCUT2D eigenvalue weighted by molar-refractivity contribution is 0.601. The molecule has 2 aromatic rings. The molecule has 0 unspecified atom stereocenters. The van der Waals surface area contributed by atoms with Crippen LogP contribution in [0.1, 0.15) is 11.3 Å². The van der Waals surface area contributed by atoms with E-state index in [0.717, 1.165) is 10.0 Å². The van der Waals surface area contributed by atoms with Gasteiger partial charge in [-0.1, -0.05) is 22.0 Å². The largest absolute Gasteiger partial charge is 0.363 e. The molecular formula is C12H14BrN3O2S. The van der Waals surface area contributed by atoms with Gasteiger partial charge >= 0.3 is 0 Å². The van der Waals surface area contributed by atoms with E-state index in [4.69, 9.17) is 5.73 Å². The van der Waals surface area contributed by atoms with Crippen molar-refractivity contribution in [3.05, 3.63) is 46.2 Å². The van der Waals surface area contributed by atoms with Crippen LogP contribution in [0.5, 0.6) is 0 Å². The fourth-order valence-corrected chi connectivity index (χ4v) is 3.10. The summed E-state index contributed by atoms with van der Waals surface area (Å²) in [6.07, 6.45) is 1.43. The Bertz CT molecular complexity index is 695. The van der Waals surface area contributed by atoms with Gasteiger partial charge in [0.1, 0.15) is 4.90 Å². The molecule has 5 nitrogen and oxygen atoms in total. The van der Waals surface area contributed by atoms with E-state index in [2.05, 4.69) is 25.6 Å². The second-order valence-electron chi connectivity index (χ2n) is 4.13. The number of aryl methyl sites for hydroxylation is 1. The van der Waals surface area contributed by atoms with E-state index in [1.165, 1.54) is 12.3 Å². The number of nitrogens with one attached hydrogen (secondary N) is 2. The molecule has 0 saturated carbocycles. The lowest BCUT2D eigenvalue weighted by Gasteiger charge is -2.09. The maximum absolute atomic E-state index is 12.2. The summed E-state index contributed by atoms with van der Waals surface area (Å²) in [7, 11) is -3.60. The standard InChI is InChI=1S/C12H14BrN3O2S/c1-8-2-3-9(13)4-12(8)16-19(17,18)11-5-10(6-14)15-7-11/h2-5,7,15-16H,6,14H2,1H3. The molecule has 0 spiro atoms. The first-order chi connectivity index (χ1) is 8.92. The Morgan fingerprint density at radius 1 is 1.37 bits per heavy atom. The minimum Gasteiger partial charge on any atom is -0.363 e. The molecular weight excluding hydrogens is 330 g/mol. The molecule has 0 aliphatic carbocycles. The molecule has 0 radical (unpaired) electrons. The zero-order valence-electron chi connectivity index (χ0n) is 10.3. The number of anilines is 1. The van der Waals surface area contributed by atoms with Crippen LogP contribution in [0.3, 0.4) is 0 Å². The zero-order chi connectivity index (χ0) is 14.0. The first-order valence-corrected chi connectivity index (χ1v) is 7.86. The van der Waals surface area contributed by atoms with E-state index in [0.29, 0.717) is 11.4 Å². The van der Waals surface area contributed by atoms with Crippen LogP contribution in [0.4, 0.5) is 5.69 Å². The average molecular weight is 344 g/mol. The molecule has 0 saturated heterocycles. The Kier molecular flexibility index (Phi) is 3.98. The molecule has 0 amide bonds. The number of aromatic amines is 1. The molecule has 0 aliphatic rings. The van der Waals surface area contributed by atoms with Gasteiger partial charge in [0.25, 0.3) is 10.0 Å². The molecule has 19 heavy (non-hydrogen) atoms. The minimum atomic E-state index is -3.60. The molecule has 0 aliphatic heterocycles. The number of sulfonamides is 1. The first kappa shape index (κ1) is 14.1. The van der Waals surface area contributed by atoms with Crippen molar-refractivity contribution >= 4 is 31.6 Å². The molecule has 0 bridgehead atoms. The number of benzene rings is 1. The molecule has 7 heteroatoms. The topological polar surface area (TPSA) is 88.0 Å². The SMILES string of the molecule is Cc1ccc(Br)cc1NS(=O)(=O)c1c[nH]c(CN)c1. The Balaban J connectivity index is 2.33. The summed E-state index contributed by atoms with van der Waals surface area (Å²) in [5.41, 5.74) is 7.52. The van der Waals surface area contributed by atoms with Crippen molar-refractivity contribution < 1.29 is 8.42 Å². The predicted octanol–water partition coefficient (Wildman–Crippen LogP) is 2.35.